The Hall–Kier alpha value is -5.26. The first kappa shape index (κ1) is 49.4. The number of carbonyl (C=O) groups is 4. The van der Waals surface area contributed by atoms with Gasteiger partial charge in [-0.15, -0.1) is 0 Å². The summed E-state index contributed by atoms with van der Waals surface area (Å²) in [6.45, 7) is 35.9. The van der Waals surface area contributed by atoms with Crippen molar-refractivity contribution in [2.75, 3.05) is 38.0 Å². The van der Waals surface area contributed by atoms with Crippen LogP contribution in [0, 0.1) is 94.9 Å². The Balaban J connectivity index is 0.000000273. The number of nitrogens with zero attached hydrogens (tertiary/aromatic N) is 6. The number of rotatable bonds is 8. The van der Waals surface area contributed by atoms with E-state index in [1.54, 1.807) is 38.0 Å². The lowest BCUT2D eigenvalue weighted by atomic mass is 9.88. The number of amides is 4. The molecular formula is C50H72N6O6. The zero-order valence-electron chi connectivity index (χ0n) is 41.7. The Morgan fingerprint density at radius 3 is 1.11 bits per heavy atom. The summed E-state index contributed by atoms with van der Waals surface area (Å²) in [5.74, 6) is 1.30. The molecule has 0 saturated heterocycles. The van der Waals surface area contributed by atoms with Crippen molar-refractivity contribution < 1.29 is 28.0 Å². The van der Waals surface area contributed by atoms with Crippen LogP contribution in [0.4, 0.5) is 11.4 Å². The van der Waals surface area contributed by atoms with Crippen molar-refractivity contribution in [2.45, 2.75) is 149 Å². The van der Waals surface area contributed by atoms with E-state index < -0.39 is 29.2 Å². The summed E-state index contributed by atoms with van der Waals surface area (Å²) in [7, 11) is 6.83. The quantitative estimate of drug-likeness (QED) is 0.160. The van der Waals surface area contributed by atoms with Crippen LogP contribution in [0.5, 0.6) is 0 Å². The Morgan fingerprint density at radius 2 is 0.855 bits per heavy atom. The molecule has 2 aromatic carbocycles. The topological polar surface area (TPSA) is 133 Å². The zero-order valence-corrected chi connectivity index (χ0v) is 41.7. The van der Waals surface area contributed by atoms with Crippen LogP contribution in [0.1, 0.15) is 122 Å². The third-order valence-corrected chi connectivity index (χ3v) is 14.5. The van der Waals surface area contributed by atoms with Crippen molar-refractivity contribution in [1.29, 1.82) is 0 Å². The highest BCUT2D eigenvalue weighted by Gasteiger charge is 2.52. The number of carbonyl (C=O) groups excluding carboxylic acids is 4. The van der Waals surface area contributed by atoms with Crippen molar-refractivity contribution in [3.63, 3.8) is 0 Å². The van der Waals surface area contributed by atoms with Gasteiger partial charge in [-0.05, 0) is 152 Å². The van der Waals surface area contributed by atoms with Gasteiger partial charge >= 0.3 is 23.6 Å². The van der Waals surface area contributed by atoms with Crippen molar-refractivity contribution in [2.24, 2.45) is 11.8 Å². The number of likely N-dealkylation sites (N-methyl/N-ethyl adjacent to an activating group) is 4. The predicted octanol–water partition coefficient (Wildman–Crippen LogP) is 9.85. The fourth-order valence-corrected chi connectivity index (χ4v) is 8.86. The van der Waals surface area contributed by atoms with Gasteiger partial charge in [0.15, 0.2) is 23.3 Å². The molecule has 338 valence electrons. The average Bonchev–Trinajstić information content (AvgIpc) is 3.87. The molecule has 5 rings (SSSR count). The minimum Gasteiger partial charge on any atom is -0.441 e. The minimum atomic E-state index is -0.541. The standard InChI is InChI=1S/C25H35N3O3.C25H37N3O3/c1-13(2)25(11-12-25)28(10)24(30)23(29)27(9)21-16(5)14(3)20(15(4)17(21)6)22-18(7)26-19(8)31-22;1-13(2)25(9,10)28(12)24(30)23(29)27(11)21-16(5)14(3)20(15(4)17(21)6)22-18(7)26-19(8)31-22/h13H,11-12H2,1-10H3;13H,1-12H3. The van der Waals surface area contributed by atoms with E-state index in [-0.39, 0.29) is 11.5 Å². The Kier molecular flexibility index (Phi) is 14.2. The molecule has 0 spiro atoms. The first-order chi connectivity index (χ1) is 28.5. The van der Waals surface area contributed by atoms with Crippen molar-refractivity contribution in [3.8, 4) is 22.6 Å². The lowest BCUT2D eigenvalue weighted by Crippen LogP contribution is -2.53. The normalized spacial score (nSPS) is 13.2. The molecule has 0 aliphatic heterocycles. The first-order valence-corrected chi connectivity index (χ1v) is 21.7. The monoisotopic (exact) mass is 853 g/mol. The van der Waals surface area contributed by atoms with Gasteiger partial charge in [-0.3, -0.25) is 19.2 Å². The highest BCUT2D eigenvalue weighted by Crippen LogP contribution is 2.47. The molecule has 0 N–H and O–H groups in total. The van der Waals surface area contributed by atoms with Gasteiger partial charge in [0.1, 0.15) is 0 Å². The van der Waals surface area contributed by atoms with E-state index in [9.17, 15) is 19.2 Å². The average molecular weight is 853 g/mol. The number of aromatic nitrogens is 2. The fraction of sp³-hybridized carbons (Fsp3) is 0.560. The molecule has 0 unspecified atom stereocenters. The van der Waals surface area contributed by atoms with E-state index in [0.29, 0.717) is 17.7 Å². The maximum Gasteiger partial charge on any atom is 0.316 e. The smallest absolute Gasteiger partial charge is 0.316 e. The maximum atomic E-state index is 13.2. The van der Waals surface area contributed by atoms with Crippen LogP contribution in [0.3, 0.4) is 0 Å². The molecule has 4 aromatic rings. The van der Waals surface area contributed by atoms with Crippen LogP contribution in [0.25, 0.3) is 22.6 Å². The van der Waals surface area contributed by atoms with Gasteiger partial charge in [0.05, 0.1) is 22.8 Å². The lowest BCUT2D eigenvalue weighted by Gasteiger charge is -2.39. The molecule has 0 bridgehead atoms. The van der Waals surface area contributed by atoms with Gasteiger partial charge in [-0.25, -0.2) is 9.97 Å². The minimum absolute atomic E-state index is 0.185. The van der Waals surface area contributed by atoms with E-state index in [2.05, 4.69) is 23.8 Å². The summed E-state index contributed by atoms with van der Waals surface area (Å²) in [6.07, 6.45) is 1.90. The second-order valence-corrected chi connectivity index (χ2v) is 18.8. The van der Waals surface area contributed by atoms with Gasteiger partial charge < -0.3 is 28.4 Å². The van der Waals surface area contributed by atoms with Crippen molar-refractivity contribution in [1.82, 2.24) is 19.8 Å². The van der Waals surface area contributed by atoms with Gasteiger partial charge in [0.25, 0.3) is 0 Å². The summed E-state index contributed by atoms with van der Waals surface area (Å²) in [4.78, 5) is 67.6. The summed E-state index contributed by atoms with van der Waals surface area (Å²) in [6, 6.07) is 0. The van der Waals surface area contributed by atoms with E-state index in [1.807, 2.05) is 111 Å². The lowest BCUT2D eigenvalue weighted by molar-refractivity contribution is -0.147. The SMILES string of the molecule is Cc1nc(C)c(-c2c(C)c(C)c(N(C)C(=O)C(=O)N(C)C(C)(C)C(C)C)c(C)c2C)o1.Cc1nc(C)c(-c2c(C)c(C)c(N(C)C(=O)C(=O)N(C)C3(C(C)C)CC3)c(C)c2C)o1. The summed E-state index contributed by atoms with van der Waals surface area (Å²) in [5.41, 5.74) is 12.5. The van der Waals surface area contributed by atoms with Crippen molar-refractivity contribution >= 4 is 35.0 Å². The first-order valence-electron chi connectivity index (χ1n) is 21.7. The van der Waals surface area contributed by atoms with Crippen molar-refractivity contribution in [3.05, 3.63) is 67.7 Å². The van der Waals surface area contributed by atoms with Crippen LogP contribution in [-0.2, 0) is 19.2 Å². The van der Waals surface area contributed by atoms with E-state index in [0.717, 1.165) is 103 Å². The Labute approximate surface area is 370 Å². The molecule has 0 radical (unpaired) electrons. The van der Waals surface area contributed by atoms with Gasteiger partial charge in [0.2, 0.25) is 0 Å². The largest absolute Gasteiger partial charge is 0.441 e. The Bertz CT molecular complexity index is 2210. The summed E-state index contributed by atoms with van der Waals surface area (Å²) in [5, 5.41) is 0. The highest BCUT2D eigenvalue weighted by atomic mass is 16.4. The molecule has 1 fully saturated rings. The molecule has 0 atom stereocenters. The summed E-state index contributed by atoms with van der Waals surface area (Å²) >= 11 is 0. The second kappa shape index (κ2) is 17.8. The molecule has 4 amide bonds. The fourth-order valence-electron chi connectivity index (χ4n) is 8.86. The van der Waals surface area contributed by atoms with Crippen LogP contribution in [0.15, 0.2) is 8.83 Å². The van der Waals surface area contributed by atoms with Crippen LogP contribution in [0.2, 0.25) is 0 Å². The van der Waals surface area contributed by atoms with Crippen LogP contribution >= 0.6 is 0 Å². The number of aryl methyl sites for hydroxylation is 4. The maximum absolute atomic E-state index is 13.2. The third-order valence-electron chi connectivity index (χ3n) is 14.5. The van der Waals surface area contributed by atoms with Crippen LogP contribution < -0.4 is 9.80 Å². The van der Waals surface area contributed by atoms with Gasteiger partial charge in [-0.1, -0.05) is 27.7 Å². The number of hydrogen-bond donors (Lipinski definition) is 0. The highest BCUT2D eigenvalue weighted by molar-refractivity contribution is 6.41. The molecular weight excluding hydrogens is 781 g/mol. The molecule has 2 aromatic heterocycles. The predicted molar refractivity (Wildman–Crippen MR) is 249 cm³/mol. The number of hydrogen-bond acceptors (Lipinski definition) is 8. The molecule has 1 aliphatic rings. The van der Waals surface area contributed by atoms with E-state index in [1.165, 1.54) is 9.80 Å². The second-order valence-electron chi connectivity index (χ2n) is 18.8. The molecule has 1 aliphatic carbocycles. The summed E-state index contributed by atoms with van der Waals surface area (Å²) < 4.78 is 11.8. The van der Waals surface area contributed by atoms with E-state index in [4.69, 9.17) is 8.83 Å². The molecule has 1 saturated carbocycles. The van der Waals surface area contributed by atoms with Gasteiger partial charge in [-0.2, -0.15) is 0 Å². The Morgan fingerprint density at radius 1 is 0.532 bits per heavy atom. The molecule has 12 nitrogen and oxygen atoms in total. The van der Waals surface area contributed by atoms with Crippen LogP contribution in [-0.4, -0.2) is 82.7 Å². The zero-order chi connectivity index (χ0) is 47.4. The number of anilines is 2. The molecule has 12 heteroatoms. The molecule has 2 heterocycles. The number of oxazole rings is 2. The van der Waals surface area contributed by atoms with E-state index >= 15 is 0 Å². The third kappa shape index (κ3) is 8.58. The number of benzene rings is 2. The molecule has 62 heavy (non-hydrogen) atoms. The van der Waals surface area contributed by atoms with Gasteiger partial charge in [0, 0.05) is 64.2 Å².